The van der Waals surface area contributed by atoms with Crippen molar-refractivity contribution in [1.82, 2.24) is 0 Å². The smallest absolute Gasteiger partial charge is 0.418 e. The van der Waals surface area contributed by atoms with Crippen molar-refractivity contribution < 1.29 is 27.4 Å². The molecule has 1 amide bonds. The standard InChI is InChI=1S/C22H17ClF3NO3/c23-17-8-11-20(19(14-17)22(24,25)26)27-21(28)30-13-12-29-18-9-6-16(7-10-18)15-4-2-1-3-5-15/h1-11,14H,12-13H2,(H,27,28). The van der Waals surface area contributed by atoms with Crippen molar-refractivity contribution in [3.05, 3.63) is 83.4 Å². The van der Waals surface area contributed by atoms with E-state index in [1.165, 1.54) is 6.07 Å². The lowest BCUT2D eigenvalue weighted by molar-refractivity contribution is -0.136. The van der Waals surface area contributed by atoms with Crippen molar-refractivity contribution in [2.24, 2.45) is 0 Å². The molecule has 0 spiro atoms. The van der Waals surface area contributed by atoms with Gasteiger partial charge in [-0.15, -0.1) is 0 Å². The average Bonchev–Trinajstić information content (AvgIpc) is 2.73. The molecule has 0 aliphatic carbocycles. The second-order valence-electron chi connectivity index (χ2n) is 6.19. The number of halogens is 4. The molecule has 0 radical (unpaired) electrons. The lowest BCUT2D eigenvalue weighted by atomic mass is 10.1. The van der Waals surface area contributed by atoms with Crippen LogP contribution in [0.1, 0.15) is 5.56 Å². The highest BCUT2D eigenvalue weighted by Crippen LogP contribution is 2.36. The number of anilines is 1. The fourth-order valence-corrected chi connectivity index (χ4v) is 2.85. The number of hydrogen-bond donors (Lipinski definition) is 1. The van der Waals surface area contributed by atoms with E-state index in [9.17, 15) is 18.0 Å². The number of benzene rings is 3. The Morgan fingerprint density at radius 1 is 0.900 bits per heavy atom. The Kier molecular flexibility index (Phi) is 6.84. The molecular weight excluding hydrogens is 419 g/mol. The second kappa shape index (κ2) is 9.54. The van der Waals surface area contributed by atoms with Gasteiger partial charge in [-0.05, 0) is 41.5 Å². The molecule has 0 unspecified atom stereocenters. The monoisotopic (exact) mass is 435 g/mol. The van der Waals surface area contributed by atoms with Crippen LogP contribution in [-0.4, -0.2) is 19.3 Å². The molecule has 0 atom stereocenters. The SMILES string of the molecule is O=C(Nc1ccc(Cl)cc1C(F)(F)F)OCCOc1ccc(-c2ccccc2)cc1. The van der Waals surface area contributed by atoms with Gasteiger partial charge in [0.1, 0.15) is 19.0 Å². The van der Waals surface area contributed by atoms with E-state index in [1.807, 2.05) is 42.5 Å². The van der Waals surface area contributed by atoms with E-state index >= 15 is 0 Å². The van der Waals surface area contributed by atoms with Gasteiger partial charge in [-0.25, -0.2) is 4.79 Å². The first-order valence-corrected chi connectivity index (χ1v) is 9.29. The molecule has 0 aliphatic heterocycles. The summed E-state index contributed by atoms with van der Waals surface area (Å²) < 4.78 is 49.5. The molecule has 3 aromatic rings. The van der Waals surface area contributed by atoms with Crippen molar-refractivity contribution in [2.45, 2.75) is 6.18 Å². The zero-order valence-electron chi connectivity index (χ0n) is 15.6. The second-order valence-corrected chi connectivity index (χ2v) is 6.62. The highest BCUT2D eigenvalue weighted by atomic mass is 35.5. The summed E-state index contributed by atoms with van der Waals surface area (Å²) in [5, 5.41) is 1.98. The van der Waals surface area contributed by atoms with Crippen LogP contribution in [0.5, 0.6) is 5.75 Å². The molecule has 0 aliphatic rings. The fraction of sp³-hybridized carbons (Fsp3) is 0.136. The Labute approximate surface area is 176 Å². The van der Waals surface area contributed by atoms with E-state index in [2.05, 4.69) is 5.32 Å². The van der Waals surface area contributed by atoms with E-state index < -0.39 is 23.5 Å². The molecule has 30 heavy (non-hydrogen) atoms. The minimum Gasteiger partial charge on any atom is -0.490 e. The summed E-state index contributed by atoms with van der Waals surface area (Å²) in [5.41, 5.74) is 0.613. The predicted molar refractivity (Wildman–Crippen MR) is 109 cm³/mol. The number of rotatable bonds is 6. The number of ether oxygens (including phenoxy) is 2. The van der Waals surface area contributed by atoms with Gasteiger partial charge in [-0.2, -0.15) is 13.2 Å². The van der Waals surface area contributed by atoms with Gasteiger partial charge in [0.15, 0.2) is 0 Å². The first kappa shape index (κ1) is 21.5. The van der Waals surface area contributed by atoms with E-state index in [4.69, 9.17) is 21.1 Å². The van der Waals surface area contributed by atoms with Crippen LogP contribution in [0.15, 0.2) is 72.8 Å². The van der Waals surface area contributed by atoms with Crippen molar-refractivity contribution >= 4 is 23.4 Å². The normalized spacial score (nSPS) is 11.1. The molecule has 3 rings (SSSR count). The molecule has 0 fully saturated rings. The number of alkyl halides is 3. The number of nitrogens with one attached hydrogen (secondary N) is 1. The molecule has 0 heterocycles. The Morgan fingerprint density at radius 2 is 1.57 bits per heavy atom. The zero-order chi connectivity index (χ0) is 21.6. The number of carbonyl (C=O) groups excluding carboxylic acids is 1. The zero-order valence-corrected chi connectivity index (χ0v) is 16.3. The molecule has 4 nitrogen and oxygen atoms in total. The van der Waals surface area contributed by atoms with Crippen LogP contribution in [0.3, 0.4) is 0 Å². The van der Waals surface area contributed by atoms with Crippen LogP contribution in [0.2, 0.25) is 5.02 Å². The van der Waals surface area contributed by atoms with Crippen molar-refractivity contribution in [2.75, 3.05) is 18.5 Å². The Bertz CT molecular complexity index is 993. The summed E-state index contributed by atoms with van der Waals surface area (Å²) in [5.74, 6) is 0.579. The van der Waals surface area contributed by atoms with Crippen LogP contribution in [0, 0.1) is 0 Å². The minimum atomic E-state index is -4.66. The maximum atomic E-state index is 13.0. The lowest BCUT2D eigenvalue weighted by Gasteiger charge is -2.14. The van der Waals surface area contributed by atoms with E-state index in [-0.39, 0.29) is 18.2 Å². The lowest BCUT2D eigenvalue weighted by Crippen LogP contribution is -2.20. The van der Waals surface area contributed by atoms with Gasteiger partial charge in [-0.3, -0.25) is 5.32 Å². The quantitative estimate of drug-likeness (QED) is 0.441. The number of amides is 1. The van der Waals surface area contributed by atoms with E-state index in [0.717, 1.165) is 23.3 Å². The van der Waals surface area contributed by atoms with Gasteiger partial charge >= 0.3 is 12.3 Å². The number of hydrogen-bond acceptors (Lipinski definition) is 3. The molecule has 3 aromatic carbocycles. The summed E-state index contributed by atoms with van der Waals surface area (Å²) in [6.07, 6.45) is -5.69. The molecule has 0 saturated carbocycles. The third kappa shape index (κ3) is 5.90. The van der Waals surface area contributed by atoms with Gasteiger partial charge < -0.3 is 9.47 Å². The van der Waals surface area contributed by atoms with Crippen molar-refractivity contribution in [3.63, 3.8) is 0 Å². The molecule has 8 heteroatoms. The molecule has 0 saturated heterocycles. The third-order valence-electron chi connectivity index (χ3n) is 4.07. The highest BCUT2D eigenvalue weighted by molar-refractivity contribution is 6.30. The van der Waals surface area contributed by atoms with Gasteiger partial charge in [0.05, 0.1) is 11.3 Å². The molecule has 0 bridgehead atoms. The first-order chi connectivity index (χ1) is 14.3. The van der Waals surface area contributed by atoms with Gasteiger partial charge in [0.2, 0.25) is 0 Å². The topological polar surface area (TPSA) is 47.6 Å². The van der Waals surface area contributed by atoms with Crippen LogP contribution in [-0.2, 0) is 10.9 Å². The largest absolute Gasteiger partial charge is 0.490 e. The fourth-order valence-electron chi connectivity index (χ4n) is 2.67. The van der Waals surface area contributed by atoms with E-state index in [1.54, 1.807) is 12.1 Å². The maximum absolute atomic E-state index is 13.0. The average molecular weight is 436 g/mol. The molecule has 156 valence electrons. The van der Waals surface area contributed by atoms with Gasteiger partial charge in [0, 0.05) is 5.02 Å². The Hall–Kier alpha value is -3.19. The first-order valence-electron chi connectivity index (χ1n) is 8.92. The predicted octanol–water partition coefficient (Wildman–Crippen LogP) is 6.65. The van der Waals surface area contributed by atoms with Crippen LogP contribution in [0.4, 0.5) is 23.7 Å². The summed E-state index contributed by atoms with van der Waals surface area (Å²) in [7, 11) is 0. The van der Waals surface area contributed by atoms with Gasteiger partial charge in [-0.1, -0.05) is 54.1 Å². The van der Waals surface area contributed by atoms with Crippen molar-refractivity contribution in [1.29, 1.82) is 0 Å². The Morgan fingerprint density at radius 3 is 2.23 bits per heavy atom. The van der Waals surface area contributed by atoms with E-state index in [0.29, 0.717) is 5.75 Å². The van der Waals surface area contributed by atoms with Gasteiger partial charge in [0.25, 0.3) is 0 Å². The van der Waals surface area contributed by atoms with Crippen LogP contribution < -0.4 is 10.1 Å². The molecule has 0 aromatic heterocycles. The summed E-state index contributed by atoms with van der Waals surface area (Å²) in [4.78, 5) is 11.8. The van der Waals surface area contributed by atoms with Crippen LogP contribution in [0.25, 0.3) is 11.1 Å². The van der Waals surface area contributed by atoms with Crippen LogP contribution >= 0.6 is 11.6 Å². The third-order valence-corrected chi connectivity index (χ3v) is 4.31. The maximum Gasteiger partial charge on any atom is 0.418 e. The molecule has 1 N–H and O–H groups in total. The summed E-state index contributed by atoms with van der Waals surface area (Å²) in [6.45, 7) is -0.0912. The van der Waals surface area contributed by atoms with Crippen molar-refractivity contribution in [3.8, 4) is 16.9 Å². The summed E-state index contributed by atoms with van der Waals surface area (Å²) in [6, 6.07) is 20.2. The highest BCUT2D eigenvalue weighted by Gasteiger charge is 2.34. The molecular formula is C22H17ClF3NO3. The Balaban J connectivity index is 1.48. The summed E-state index contributed by atoms with van der Waals surface area (Å²) >= 11 is 5.60. The number of carbonyl (C=O) groups is 1. The minimum absolute atomic E-state index is 0.0465.